The van der Waals surface area contributed by atoms with Crippen LogP contribution in [-0.4, -0.2) is 31.1 Å². The lowest BCUT2D eigenvalue weighted by Gasteiger charge is -2.15. The number of rotatable bonds is 4. The molecule has 1 aliphatic rings. The van der Waals surface area contributed by atoms with Crippen molar-refractivity contribution in [2.75, 3.05) is 18.5 Å². The summed E-state index contributed by atoms with van der Waals surface area (Å²) in [5.74, 6) is -0.546. The van der Waals surface area contributed by atoms with E-state index in [9.17, 15) is 9.18 Å². The number of guanidine groups is 1. The van der Waals surface area contributed by atoms with Crippen LogP contribution in [0, 0.1) is 19.7 Å². The molecular formula is C21H24FN3O2. The van der Waals surface area contributed by atoms with Gasteiger partial charge >= 0.3 is 0 Å². The number of hydrogen-bond donors (Lipinski definition) is 2. The first-order chi connectivity index (χ1) is 13.0. The molecule has 0 bridgehead atoms. The molecule has 1 amide bonds. The van der Waals surface area contributed by atoms with Crippen LogP contribution >= 0.6 is 0 Å². The highest BCUT2D eigenvalue weighted by atomic mass is 19.1. The van der Waals surface area contributed by atoms with E-state index < -0.39 is 11.7 Å². The number of anilines is 1. The fourth-order valence-corrected chi connectivity index (χ4v) is 2.92. The van der Waals surface area contributed by atoms with Gasteiger partial charge in [0.15, 0.2) is 0 Å². The topological polar surface area (TPSA) is 62.7 Å². The molecule has 1 unspecified atom stereocenters. The monoisotopic (exact) mass is 369 g/mol. The van der Waals surface area contributed by atoms with Crippen LogP contribution in [0.4, 0.5) is 10.1 Å². The predicted molar refractivity (Wildman–Crippen MR) is 105 cm³/mol. The Labute approximate surface area is 158 Å². The molecule has 0 aliphatic carbocycles. The highest BCUT2D eigenvalue weighted by Gasteiger charge is 2.16. The molecule has 27 heavy (non-hydrogen) atoms. The van der Waals surface area contributed by atoms with Crippen molar-refractivity contribution < 1.29 is 13.9 Å². The number of aliphatic imine (C=N–C) groups is 1. The van der Waals surface area contributed by atoms with Gasteiger partial charge < -0.3 is 10.1 Å². The highest BCUT2D eigenvalue weighted by molar-refractivity contribution is 6.10. The van der Waals surface area contributed by atoms with Gasteiger partial charge in [-0.25, -0.2) is 9.38 Å². The zero-order valence-electron chi connectivity index (χ0n) is 15.6. The van der Waals surface area contributed by atoms with Gasteiger partial charge in [0.1, 0.15) is 5.82 Å². The number of ether oxygens (including phenoxy) is 1. The molecular weight excluding hydrogens is 345 g/mol. The third-order valence-corrected chi connectivity index (χ3v) is 4.65. The van der Waals surface area contributed by atoms with Crippen molar-refractivity contribution in [1.82, 2.24) is 5.32 Å². The Hall–Kier alpha value is -2.73. The molecule has 0 saturated carbocycles. The second-order valence-corrected chi connectivity index (χ2v) is 6.66. The van der Waals surface area contributed by atoms with Crippen molar-refractivity contribution >= 4 is 17.6 Å². The van der Waals surface area contributed by atoms with E-state index in [4.69, 9.17) is 4.74 Å². The van der Waals surface area contributed by atoms with Crippen molar-refractivity contribution in [3.8, 4) is 0 Å². The zero-order valence-corrected chi connectivity index (χ0v) is 15.6. The SMILES string of the molecule is Cc1cccc(NC(=NCC2CCCO2)NC(=O)c2cccc(F)c2)c1C. The van der Waals surface area contributed by atoms with Crippen molar-refractivity contribution in [3.05, 3.63) is 65.0 Å². The number of aryl methyl sites for hydroxylation is 1. The van der Waals surface area contributed by atoms with E-state index in [0.29, 0.717) is 12.5 Å². The Kier molecular flexibility index (Phi) is 6.19. The van der Waals surface area contributed by atoms with Crippen LogP contribution in [0.15, 0.2) is 47.5 Å². The van der Waals surface area contributed by atoms with Crippen molar-refractivity contribution in [2.24, 2.45) is 4.99 Å². The molecule has 1 fully saturated rings. The first kappa shape index (κ1) is 19.0. The Morgan fingerprint density at radius 2 is 2.07 bits per heavy atom. The average molecular weight is 369 g/mol. The molecule has 2 aromatic rings. The zero-order chi connectivity index (χ0) is 19.2. The second-order valence-electron chi connectivity index (χ2n) is 6.66. The summed E-state index contributed by atoms with van der Waals surface area (Å²) < 4.78 is 19.0. The maximum absolute atomic E-state index is 13.4. The third kappa shape index (κ3) is 5.14. The van der Waals surface area contributed by atoms with E-state index in [-0.39, 0.29) is 11.7 Å². The summed E-state index contributed by atoms with van der Waals surface area (Å²) in [7, 11) is 0. The number of halogens is 1. The molecule has 2 N–H and O–H groups in total. The van der Waals surface area contributed by atoms with Gasteiger partial charge in [-0.2, -0.15) is 0 Å². The number of hydrogen-bond acceptors (Lipinski definition) is 3. The van der Waals surface area contributed by atoms with Gasteiger partial charge in [-0.15, -0.1) is 0 Å². The first-order valence-corrected chi connectivity index (χ1v) is 9.09. The molecule has 5 nitrogen and oxygen atoms in total. The van der Waals surface area contributed by atoms with E-state index in [0.717, 1.165) is 36.3 Å². The van der Waals surface area contributed by atoms with Crippen LogP contribution in [-0.2, 0) is 4.74 Å². The Bertz CT molecular complexity index is 845. The Morgan fingerprint density at radius 1 is 1.26 bits per heavy atom. The fraction of sp³-hybridized carbons (Fsp3) is 0.333. The lowest BCUT2D eigenvalue weighted by Crippen LogP contribution is -2.37. The quantitative estimate of drug-likeness (QED) is 0.636. The maximum atomic E-state index is 13.4. The number of nitrogens with one attached hydrogen (secondary N) is 2. The molecule has 1 heterocycles. The number of nitrogens with zero attached hydrogens (tertiary/aromatic N) is 1. The van der Waals surface area contributed by atoms with Crippen LogP contribution in [0.2, 0.25) is 0 Å². The van der Waals surface area contributed by atoms with E-state index in [1.165, 1.54) is 18.2 Å². The summed E-state index contributed by atoms with van der Waals surface area (Å²) in [6, 6.07) is 11.5. The molecule has 0 spiro atoms. The normalized spacial score (nSPS) is 17.0. The lowest BCUT2D eigenvalue weighted by atomic mass is 10.1. The van der Waals surface area contributed by atoms with E-state index >= 15 is 0 Å². The summed E-state index contributed by atoms with van der Waals surface area (Å²) in [5.41, 5.74) is 3.31. The van der Waals surface area contributed by atoms with Crippen molar-refractivity contribution in [2.45, 2.75) is 32.8 Å². The predicted octanol–water partition coefficient (Wildman–Crippen LogP) is 3.82. The molecule has 1 saturated heterocycles. The summed E-state index contributed by atoms with van der Waals surface area (Å²) in [6.07, 6.45) is 2.04. The number of carbonyl (C=O) groups is 1. The minimum Gasteiger partial charge on any atom is -0.376 e. The summed E-state index contributed by atoms with van der Waals surface area (Å²) in [4.78, 5) is 17.0. The van der Waals surface area contributed by atoms with Gasteiger partial charge in [0.2, 0.25) is 5.96 Å². The molecule has 142 valence electrons. The van der Waals surface area contributed by atoms with Crippen LogP contribution in [0.25, 0.3) is 0 Å². The van der Waals surface area contributed by atoms with Gasteiger partial charge in [0.25, 0.3) is 5.91 Å². The van der Waals surface area contributed by atoms with Gasteiger partial charge in [0, 0.05) is 17.9 Å². The third-order valence-electron chi connectivity index (χ3n) is 4.65. The fourth-order valence-electron chi connectivity index (χ4n) is 2.92. The number of amides is 1. The standard InChI is InChI=1S/C21H24FN3O2/c1-14-6-3-10-19(15(14)2)24-21(23-13-18-9-5-11-27-18)25-20(26)16-7-4-8-17(22)12-16/h3-4,6-8,10,12,18H,5,9,11,13H2,1-2H3,(H2,23,24,25,26). The van der Waals surface area contributed by atoms with E-state index in [2.05, 4.69) is 15.6 Å². The summed E-state index contributed by atoms with van der Waals surface area (Å²) in [6.45, 7) is 5.23. The highest BCUT2D eigenvalue weighted by Crippen LogP contribution is 2.18. The summed E-state index contributed by atoms with van der Waals surface area (Å²) in [5, 5.41) is 5.95. The Morgan fingerprint density at radius 3 is 2.81 bits per heavy atom. The molecule has 0 radical (unpaired) electrons. The average Bonchev–Trinajstić information content (AvgIpc) is 3.17. The minimum absolute atomic E-state index is 0.0616. The molecule has 6 heteroatoms. The van der Waals surface area contributed by atoms with Crippen LogP contribution in [0.3, 0.4) is 0 Å². The van der Waals surface area contributed by atoms with Crippen LogP contribution in [0.1, 0.15) is 34.3 Å². The summed E-state index contributed by atoms with van der Waals surface area (Å²) >= 11 is 0. The van der Waals surface area contributed by atoms with E-state index in [1.54, 1.807) is 6.07 Å². The molecule has 0 aromatic heterocycles. The van der Waals surface area contributed by atoms with Gasteiger partial charge in [0.05, 0.1) is 12.6 Å². The van der Waals surface area contributed by atoms with Gasteiger partial charge in [-0.05, 0) is 62.1 Å². The molecule has 1 atom stereocenters. The largest absolute Gasteiger partial charge is 0.376 e. The Balaban J connectivity index is 1.79. The lowest BCUT2D eigenvalue weighted by molar-refractivity contribution is 0.0975. The second kappa shape index (κ2) is 8.77. The van der Waals surface area contributed by atoms with Crippen LogP contribution < -0.4 is 10.6 Å². The van der Waals surface area contributed by atoms with Crippen molar-refractivity contribution in [3.63, 3.8) is 0 Å². The molecule has 1 aliphatic heterocycles. The maximum Gasteiger partial charge on any atom is 0.258 e. The van der Waals surface area contributed by atoms with Crippen LogP contribution in [0.5, 0.6) is 0 Å². The first-order valence-electron chi connectivity index (χ1n) is 9.09. The minimum atomic E-state index is -0.456. The number of carbonyl (C=O) groups excluding carboxylic acids is 1. The number of benzene rings is 2. The molecule has 2 aromatic carbocycles. The smallest absolute Gasteiger partial charge is 0.258 e. The molecule has 3 rings (SSSR count). The van der Waals surface area contributed by atoms with Crippen molar-refractivity contribution in [1.29, 1.82) is 0 Å². The van der Waals surface area contributed by atoms with E-state index in [1.807, 2.05) is 32.0 Å². The van der Waals surface area contributed by atoms with Gasteiger partial charge in [-0.1, -0.05) is 18.2 Å². The van der Waals surface area contributed by atoms with Gasteiger partial charge in [-0.3, -0.25) is 10.1 Å².